The van der Waals surface area contributed by atoms with E-state index in [2.05, 4.69) is 5.32 Å². The molecule has 1 unspecified atom stereocenters. The normalized spacial score (nSPS) is 17.9. The molecule has 3 aromatic carbocycles. The highest BCUT2D eigenvalue weighted by molar-refractivity contribution is 8.04. The number of hydrogen-bond donors (Lipinski definition) is 1. The lowest BCUT2D eigenvalue weighted by Gasteiger charge is -2.28. The van der Waals surface area contributed by atoms with Gasteiger partial charge in [-0.1, -0.05) is 59.8 Å². The van der Waals surface area contributed by atoms with Crippen LogP contribution in [0.1, 0.15) is 5.56 Å². The van der Waals surface area contributed by atoms with Crippen LogP contribution in [0.2, 0.25) is 0 Å². The molecule has 0 bridgehead atoms. The van der Waals surface area contributed by atoms with Crippen LogP contribution in [0.15, 0.2) is 89.5 Å². The monoisotopic (exact) mass is 580 g/mol. The Hall–Kier alpha value is -3.99. The highest BCUT2D eigenvalue weighted by atomic mass is 35.5. The van der Waals surface area contributed by atoms with E-state index in [4.69, 9.17) is 42.8 Å². The predicted molar refractivity (Wildman–Crippen MR) is 154 cm³/mol. The third-order valence-corrected chi connectivity index (χ3v) is 7.10. The minimum Gasteiger partial charge on any atom is -0.493 e. The van der Waals surface area contributed by atoms with Crippen molar-refractivity contribution in [3.05, 3.63) is 95.1 Å². The highest BCUT2D eigenvalue weighted by Crippen LogP contribution is 2.35. The van der Waals surface area contributed by atoms with Crippen LogP contribution < -0.4 is 24.4 Å². The minimum absolute atomic E-state index is 0.0328. The number of methoxy groups -OCH3 is 1. The smallest absolute Gasteiger partial charge is 0.334 e. The van der Waals surface area contributed by atoms with Crippen molar-refractivity contribution < 1.29 is 28.5 Å². The van der Waals surface area contributed by atoms with Gasteiger partial charge < -0.3 is 18.9 Å². The summed E-state index contributed by atoms with van der Waals surface area (Å²) in [5.41, 5.74) is 1.16. The summed E-state index contributed by atoms with van der Waals surface area (Å²) in [6, 6.07) is 20.5. The van der Waals surface area contributed by atoms with Crippen molar-refractivity contribution in [2.24, 2.45) is 0 Å². The van der Waals surface area contributed by atoms with Gasteiger partial charge in [-0.3, -0.25) is 10.1 Å². The molecule has 2 heterocycles. The quantitative estimate of drug-likeness (QED) is 0.185. The number of nitrogens with one attached hydrogen (secondary N) is 1. The summed E-state index contributed by atoms with van der Waals surface area (Å²) in [6.45, 7) is 0.267. The van der Waals surface area contributed by atoms with E-state index >= 15 is 0 Å². The van der Waals surface area contributed by atoms with Gasteiger partial charge in [0.05, 0.1) is 29.5 Å². The first-order chi connectivity index (χ1) is 18.9. The fourth-order valence-corrected chi connectivity index (χ4v) is 4.98. The molecule has 1 saturated heterocycles. The second-order valence-electron chi connectivity index (χ2n) is 8.18. The second kappa shape index (κ2) is 11.8. The van der Waals surface area contributed by atoms with Gasteiger partial charge in [-0.05, 0) is 60.2 Å². The Labute approximate surface area is 239 Å². The van der Waals surface area contributed by atoms with Gasteiger partial charge in [-0.25, -0.2) is 9.69 Å². The van der Waals surface area contributed by atoms with E-state index in [-0.39, 0.29) is 17.2 Å². The van der Waals surface area contributed by atoms with Crippen LogP contribution in [-0.4, -0.2) is 35.5 Å². The molecule has 3 aromatic rings. The summed E-state index contributed by atoms with van der Waals surface area (Å²) >= 11 is 12.6. The molecule has 0 saturated carbocycles. The van der Waals surface area contributed by atoms with Gasteiger partial charge in [0, 0.05) is 0 Å². The van der Waals surface area contributed by atoms with Crippen molar-refractivity contribution in [3.8, 4) is 23.0 Å². The van der Waals surface area contributed by atoms with Crippen LogP contribution in [0.4, 0.5) is 10.5 Å². The average Bonchev–Trinajstić information content (AvgIpc) is 3.36. The van der Waals surface area contributed by atoms with Gasteiger partial charge in [0.25, 0.3) is 5.91 Å². The molecule has 0 aromatic heterocycles. The van der Waals surface area contributed by atoms with Crippen molar-refractivity contribution in [2.75, 3.05) is 18.6 Å². The third kappa shape index (κ3) is 6.19. The van der Waals surface area contributed by atoms with Crippen molar-refractivity contribution >= 4 is 64.3 Å². The van der Waals surface area contributed by atoms with Crippen LogP contribution in [-0.2, 0) is 9.53 Å². The molecule has 5 rings (SSSR count). The van der Waals surface area contributed by atoms with E-state index in [9.17, 15) is 9.59 Å². The van der Waals surface area contributed by atoms with E-state index in [0.29, 0.717) is 34.2 Å². The molecule has 3 amide bonds. The summed E-state index contributed by atoms with van der Waals surface area (Å²) in [4.78, 5) is 27.6. The van der Waals surface area contributed by atoms with Crippen LogP contribution >= 0.6 is 35.6 Å². The van der Waals surface area contributed by atoms with E-state index in [1.165, 1.54) is 18.9 Å². The summed E-state index contributed by atoms with van der Waals surface area (Å²) in [7, 11) is 1.52. The molecular weight excluding hydrogens is 560 g/mol. The van der Waals surface area contributed by atoms with E-state index in [0.717, 1.165) is 9.81 Å². The van der Waals surface area contributed by atoms with Gasteiger partial charge >= 0.3 is 6.03 Å². The van der Waals surface area contributed by atoms with Gasteiger partial charge in [0.15, 0.2) is 11.5 Å². The number of thioether (sulfide) groups is 1. The number of alkyl halides is 1. The van der Waals surface area contributed by atoms with Crippen molar-refractivity contribution in [1.29, 1.82) is 0 Å². The molecule has 198 valence electrons. The zero-order valence-electron chi connectivity index (χ0n) is 20.5. The van der Waals surface area contributed by atoms with Gasteiger partial charge in [-0.15, -0.1) is 0 Å². The molecule has 8 nitrogen and oxygen atoms in total. The Morgan fingerprint density at radius 2 is 1.79 bits per heavy atom. The number of imide groups is 1. The molecular formula is C28H21ClN2O6S2. The number of nitrogens with zero attached hydrogens (tertiary/aromatic N) is 1. The minimum atomic E-state index is -0.637. The number of benzene rings is 3. The number of halogens is 1. The number of urea groups is 1. The summed E-state index contributed by atoms with van der Waals surface area (Å²) in [6.07, 6.45) is 3.16. The predicted octanol–water partition coefficient (Wildman–Crippen LogP) is 6.46. The number of ether oxygens (including phenoxy) is 4. The van der Waals surface area contributed by atoms with E-state index in [1.807, 2.05) is 30.3 Å². The lowest BCUT2D eigenvalue weighted by molar-refractivity contribution is -0.114. The topological polar surface area (TPSA) is 86.3 Å². The van der Waals surface area contributed by atoms with Crippen LogP contribution in [0.25, 0.3) is 6.08 Å². The molecule has 1 fully saturated rings. The molecule has 0 spiro atoms. The van der Waals surface area contributed by atoms with Crippen molar-refractivity contribution in [2.45, 2.75) is 4.90 Å². The van der Waals surface area contributed by atoms with Crippen LogP contribution in [0.3, 0.4) is 0 Å². The van der Waals surface area contributed by atoms with Crippen molar-refractivity contribution in [3.63, 3.8) is 0 Å². The maximum Gasteiger partial charge on any atom is 0.334 e. The fourth-order valence-electron chi connectivity index (χ4n) is 3.76. The number of thiocarbonyl (C=S) groups is 1. The Bertz CT molecular complexity index is 1480. The molecule has 1 N–H and O–H groups in total. The number of carbonyl (C=O) groups is 2. The zero-order chi connectivity index (χ0) is 27.4. The first-order valence-electron chi connectivity index (χ1n) is 11.6. The third-order valence-electron chi connectivity index (χ3n) is 5.59. The Morgan fingerprint density at radius 3 is 2.49 bits per heavy atom. The standard InChI is InChI=1S/C28H21ClN2O6S2/c1-34-24-14-17(7-12-23(24)35-15-21-16-36-27(29)39-21)13-22-25(38)30-28(33)31(26(22)32)18-8-10-20(11-9-18)37-19-5-3-2-4-6-19/h2-14,16,27H,15H2,1H3,(H,30,33,38). The highest BCUT2D eigenvalue weighted by Gasteiger charge is 2.34. The van der Waals surface area contributed by atoms with Crippen molar-refractivity contribution in [1.82, 2.24) is 5.32 Å². The lowest BCUT2D eigenvalue weighted by Crippen LogP contribution is -2.53. The molecule has 0 radical (unpaired) electrons. The Morgan fingerprint density at radius 1 is 1.05 bits per heavy atom. The number of anilines is 1. The maximum absolute atomic E-state index is 13.4. The van der Waals surface area contributed by atoms with Gasteiger partial charge in [-0.2, -0.15) is 0 Å². The molecule has 1 atom stereocenters. The first kappa shape index (κ1) is 26.6. The fraction of sp³-hybridized carbons (Fsp3) is 0.107. The zero-order valence-corrected chi connectivity index (χ0v) is 22.8. The van der Waals surface area contributed by atoms with Gasteiger partial charge in [0.2, 0.25) is 4.90 Å². The Kier molecular flexibility index (Phi) is 8.06. The number of amides is 3. The number of rotatable bonds is 8. The molecule has 2 aliphatic rings. The SMILES string of the molecule is COc1cc(C=C2C(=O)N(c3ccc(Oc4ccccc4)cc3)C(=O)NC2=S)ccc1OCC1=COC(Cl)S1. The Balaban J connectivity index is 1.34. The van der Waals surface area contributed by atoms with E-state index < -0.39 is 16.8 Å². The maximum atomic E-state index is 13.4. The molecule has 39 heavy (non-hydrogen) atoms. The summed E-state index contributed by atoms with van der Waals surface area (Å²) in [5, 5.41) is 2.59. The number of hydrogen-bond acceptors (Lipinski definition) is 8. The number of carbonyl (C=O) groups excluding carboxylic acids is 2. The first-order valence-corrected chi connectivity index (χ1v) is 13.3. The largest absolute Gasteiger partial charge is 0.493 e. The molecule has 0 aliphatic carbocycles. The second-order valence-corrected chi connectivity index (χ2v) is 10.4. The van der Waals surface area contributed by atoms with Crippen LogP contribution in [0.5, 0.6) is 23.0 Å². The summed E-state index contributed by atoms with van der Waals surface area (Å²) < 4.78 is 22.3. The lowest BCUT2D eigenvalue weighted by atomic mass is 10.1. The molecule has 11 heteroatoms. The van der Waals surface area contributed by atoms with E-state index in [1.54, 1.807) is 54.8 Å². The van der Waals surface area contributed by atoms with Gasteiger partial charge in [0.1, 0.15) is 23.1 Å². The summed E-state index contributed by atoms with van der Waals surface area (Å²) in [5.74, 6) is 1.64. The van der Waals surface area contributed by atoms with Crippen LogP contribution in [0, 0.1) is 0 Å². The average molecular weight is 581 g/mol. The molecule has 2 aliphatic heterocycles. The number of para-hydroxylation sites is 1.